The van der Waals surface area contributed by atoms with Gasteiger partial charge in [-0.15, -0.1) is 0 Å². The first-order valence-electron chi connectivity index (χ1n) is 7.68. The molecular weight excluding hydrogens is 335 g/mol. The van der Waals surface area contributed by atoms with Gasteiger partial charge in [-0.2, -0.15) is 0 Å². The van der Waals surface area contributed by atoms with Gasteiger partial charge in [-0.25, -0.2) is 4.79 Å². The van der Waals surface area contributed by atoms with Crippen molar-refractivity contribution in [1.29, 1.82) is 0 Å². The maximum atomic E-state index is 12.8. The fourth-order valence-corrected chi connectivity index (χ4v) is 3.27. The van der Waals surface area contributed by atoms with Gasteiger partial charge in [0.15, 0.2) is 0 Å². The lowest BCUT2D eigenvalue weighted by atomic mass is 10.2. The molecule has 122 valence electrons. The zero-order chi connectivity index (χ0) is 16.2. The van der Waals surface area contributed by atoms with E-state index in [-0.39, 0.29) is 12.1 Å². The molecule has 1 aromatic carbocycles. The molecule has 0 radical (unpaired) electrons. The van der Waals surface area contributed by atoms with Crippen LogP contribution < -0.4 is 5.32 Å². The molecule has 0 atom stereocenters. The molecule has 0 bridgehead atoms. The number of benzene rings is 1. The van der Waals surface area contributed by atoms with Gasteiger partial charge >= 0.3 is 6.03 Å². The monoisotopic (exact) mass is 352 g/mol. The number of furan rings is 1. The molecule has 1 fully saturated rings. The van der Waals surface area contributed by atoms with E-state index < -0.39 is 0 Å². The minimum atomic E-state index is -0.183. The highest BCUT2D eigenvalue weighted by Crippen LogP contribution is 2.29. The number of hydrogen-bond donors (Lipinski definition) is 1. The van der Waals surface area contributed by atoms with Crippen LogP contribution >= 0.6 is 23.2 Å². The highest BCUT2D eigenvalue weighted by Gasteiger charge is 2.27. The Hall–Kier alpha value is -1.65. The van der Waals surface area contributed by atoms with Crippen LogP contribution in [0.1, 0.15) is 31.4 Å². The maximum absolute atomic E-state index is 12.8. The highest BCUT2D eigenvalue weighted by atomic mass is 35.5. The minimum Gasteiger partial charge on any atom is -0.467 e. The van der Waals surface area contributed by atoms with Gasteiger partial charge in [0.05, 0.1) is 23.5 Å². The summed E-state index contributed by atoms with van der Waals surface area (Å²) < 4.78 is 5.40. The lowest BCUT2D eigenvalue weighted by Gasteiger charge is -2.28. The van der Waals surface area contributed by atoms with Crippen LogP contribution in [-0.4, -0.2) is 17.0 Å². The Morgan fingerprint density at radius 2 is 2.04 bits per heavy atom. The molecule has 1 saturated carbocycles. The number of carbonyl (C=O) groups is 1. The van der Waals surface area contributed by atoms with E-state index in [4.69, 9.17) is 27.6 Å². The van der Waals surface area contributed by atoms with Crippen molar-refractivity contribution in [3.63, 3.8) is 0 Å². The van der Waals surface area contributed by atoms with Crippen molar-refractivity contribution in [2.45, 2.75) is 38.3 Å². The van der Waals surface area contributed by atoms with Crippen molar-refractivity contribution in [1.82, 2.24) is 4.90 Å². The lowest BCUT2D eigenvalue weighted by Crippen LogP contribution is -2.41. The number of urea groups is 1. The van der Waals surface area contributed by atoms with Crippen LogP contribution in [0.5, 0.6) is 0 Å². The molecule has 1 aliphatic rings. The SMILES string of the molecule is O=C(Nc1cc(Cl)ccc1Cl)N(Cc1ccco1)C1CCCC1. The Balaban J connectivity index is 1.77. The summed E-state index contributed by atoms with van der Waals surface area (Å²) in [7, 11) is 0. The van der Waals surface area contributed by atoms with Crippen LogP contribution in [0.25, 0.3) is 0 Å². The molecule has 1 aromatic heterocycles. The van der Waals surface area contributed by atoms with Gasteiger partial charge in [0.1, 0.15) is 5.76 Å². The molecule has 2 aromatic rings. The van der Waals surface area contributed by atoms with E-state index in [1.165, 1.54) is 0 Å². The zero-order valence-electron chi connectivity index (χ0n) is 12.6. The number of carbonyl (C=O) groups excluding carboxylic acids is 1. The smallest absolute Gasteiger partial charge is 0.322 e. The molecule has 0 saturated heterocycles. The first kappa shape index (κ1) is 16.2. The first-order valence-corrected chi connectivity index (χ1v) is 8.44. The van der Waals surface area contributed by atoms with Crippen LogP contribution in [0.2, 0.25) is 10.0 Å². The number of hydrogen-bond acceptors (Lipinski definition) is 2. The van der Waals surface area contributed by atoms with Crippen molar-refractivity contribution < 1.29 is 9.21 Å². The molecule has 6 heteroatoms. The van der Waals surface area contributed by atoms with Gasteiger partial charge in [-0.3, -0.25) is 0 Å². The third kappa shape index (κ3) is 4.01. The fraction of sp³-hybridized carbons (Fsp3) is 0.353. The summed E-state index contributed by atoms with van der Waals surface area (Å²) in [6.45, 7) is 0.446. The first-order chi connectivity index (χ1) is 11.1. The molecule has 1 N–H and O–H groups in total. The zero-order valence-corrected chi connectivity index (χ0v) is 14.1. The van der Waals surface area contributed by atoms with Gasteiger partial charge in [0, 0.05) is 11.1 Å². The minimum absolute atomic E-state index is 0.183. The highest BCUT2D eigenvalue weighted by molar-refractivity contribution is 6.35. The van der Waals surface area contributed by atoms with E-state index in [2.05, 4.69) is 5.32 Å². The Kier molecular flexibility index (Phi) is 5.13. The summed E-state index contributed by atoms with van der Waals surface area (Å²) in [5.74, 6) is 0.768. The molecular formula is C17H18Cl2N2O2. The van der Waals surface area contributed by atoms with E-state index in [0.29, 0.717) is 22.3 Å². The van der Waals surface area contributed by atoms with E-state index in [9.17, 15) is 4.79 Å². The number of nitrogens with zero attached hydrogens (tertiary/aromatic N) is 1. The molecule has 1 heterocycles. The molecule has 0 aliphatic heterocycles. The number of halogens is 2. The third-order valence-corrected chi connectivity index (χ3v) is 4.67. The molecule has 1 aliphatic carbocycles. The van der Waals surface area contributed by atoms with Crippen molar-refractivity contribution in [3.8, 4) is 0 Å². The summed E-state index contributed by atoms with van der Waals surface area (Å²) in [5, 5.41) is 3.87. The predicted octanol–water partition coefficient (Wildman–Crippen LogP) is 5.56. The van der Waals surface area contributed by atoms with Gasteiger partial charge in [-0.05, 0) is 43.2 Å². The van der Waals surface area contributed by atoms with Crippen LogP contribution in [0, 0.1) is 0 Å². The quantitative estimate of drug-likeness (QED) is 0.782. The average molecular weight is 353 g/mol. The molecule has 0 spiro atoms. The van der Waals surface area contributed by atoms with Gasteiger partial charge < -0.3 is 14.6 Å². The van der Waals surface area contributed by atoms with Crippen molar-refractivity contribution in [3.05, 3.63) is 52.4 Å². The molecule has 23 heavy (non-hydrogen) atoms. The second-order valence-electron chi connectivity index (χ2n) is 5.70. The summed E-state index contributed by atoms with van der Waals surface area (Å²) in [6, 6.07) is 8.76. The fourth-order valence-electron chi connectivity index (χ4n) is 2.93. The van der Waals surface area contributed by atoms with Crippen LogP contribution in [-0.2, 0) is 6.54 Å². The molecule has 4 nitrogen and oxygen atoms in total. The van der Waals surface area contributed by atoms with Crippen molar-refractivity contribution >= 4 is 34.9 Å². The molecule has 2 amide bonds. The summed E-state index contributed by atoms with van der Waals surface area (Å²) in [6.07, 6.45) is 5.93. The van der Waals surface area contributed by atoms with Crippen LogP contribution in [0.3, 0.4) is 0 Å². The summed E-state index contributed by atoms with van der Waals surface area (Å²) in [4.78, 5) is 14.6. The third-order valence-electron chi connectivity index (χ3n) is 4.10. The standard InChI is InChI=1S/C17H18Cl2N2O2/c18-12-7-8-15(19)16(10-12)20-17(22)21(13-4-1-2-5-13)11-14-6-3-9-23-14/h3,6-10,13H,1-2,4-5,11H2,(H,20,22). The van der Waals surface area contributed by atoms with Crippen LogP contribution in [0.15, 0.2) is 41.0 Å². The van der Waals surface area contributed by atoms with Crippen molar-refractivity contribution in [2.24, 2.45) is 0 Å². The topological polar surface area (TPSA) is 45.5 Å². The van der Waals surface area contributed by atoms with E-state index in [0.717, 1.165) is 31.4 Å². The Morgan fingerprint density at radius 1 is 1.26 bits per heavy atom. The second-order valence-corrected chi connectivity index (χ2v) is 6.54. The van der Waals surface area contributed by atoms with Gasteiger partial charge in [-0.1, -0.05) is 36.0 Å². The average Bonchev–Trinajstić information content (AvgIpc) is 3.21. The summed E-state index contributed by atoms with van der Waals surface area (Å²) >= 11 is 12.1. The van der Waals surface area contributed by atoms with E-state index in [1.54, 1.807) is 24.5 Å². The predicted molar refractivity (Wildman–Crippen MR) is 92.0 cm³/mol. The number of rotatable bonds is 4. The van der Waals surface area contributed by atoms with Gasteiger partial charge in [0.25, 0.3) is 0 Å². The number of amides is 2. The van der Waals surface area contributed by atoms with Crippen LogP contribution in [0.4, 0.5) is 10.5 Å². The van der Waals surface area contributed by atoms with Crippen molar-refractivity contribution in [2.75, 3.05) is 5.32 Å². The van der Waals surface area contributed by atoms with E-state index in [1.807, 2.05) is 17.0 Å². The molecule has 3 rings (SSSR count). The number of nitrogens with one attached hydrogen (secondary N) is 1. The number of anilines is 1. The Labute approximate surface area is 145 Å². The lowest BCUT2D eigenvalue weighted by molar-refractivity contribution is 0.178. The normalized spacial score (nSPS) is 14.9. The Morgan fingerprint density at radius 3 is 2.74 bits per heavy atom. The molecule has 0 unspecified atom stereocenters. The van der Waals surface area contributed by atoms with Gasteiger partial charge in [0.2, 0.25) is 0 Å². The second kappa shape index (κ2) is 7.28. The largest absolute Gasteiger partial charge is 0.467 e. The Bertz CT molecular complexity index is 667. The summed E-state index contributed by atoms with van der Waals surface area (Å²) in [5.41, 5.74) is 0.520. The van der Waals surface area contributed by atoms with E-state index >= 15 is 0 Å². The maximum Gasteiger partial charge on any atom is 0.322 e.